The summed E-state index contributed by atoms with van der Waals surface area (Å²) in [6.45, 7) is 27.7. The van der Waals surface area contributed by atoms with Crippen LogP contribution in [-0.2, 0) is 14.4 Å². The molecule has 6 fully saturated rings. The number of isocyanates is 1. The average molecular weight is 911 g/mol. The molecule has 6 saturated carbocycles. The molecule has 67 heavy (non-hydrogen) atoms. The number of nitrogens with two attached hydrogens (primary N) is 1. The number of carbonyl (C=O) groups excluding carboxylic acids is 3. The van der Waals surface area contributed by atoms with Gasteiger partial charge in [-0.1, -0.05) is 90.8 Å². The fraction of sp³-hybridized carbons (Fsp3) is 0.667. The van der Waals surface area contributed by atoms with Gasteiger partial charge in [-0.3, -0.25) is 9.59 Å². The molecule has 0 aromatic heterocycles. The van der Waals surface area contributed by atoms with E-state index in [4.69, 9.17) is 5.73 Å². The van der Waals surface area contributed by atoms with Crippen molar-refractivity contribution < 1.29 is 54.4 Å². The molecule has 360 valence electrons. The van der Waals surface area contributed by atoms with Gasteiger partial charge >= 0.3 is 18.9 Å². The van der Waals surface area contributed by atoms with E-state index in [0.717, 1.165) is 92.1 Å². The molecule has 0 aromatic carbocycles. The zero-order valence-corrected chi connectivity index (χ0v) is 43.1. The van der Waals surface area contributed by atoms with Crippen molar-refractivity contribution in [2.75, 3.05) is 0 Å². The van der Waals surface area contributed by atoms with Gasteiger partial charge in [0, 0.05) is 27.5 Å². The van der Waals surface area contributed by atoms with Gasteiger partial charge in [-0.2, -0.15) is 4.99 Å². The van der Waals surface area contributed by atoms with Crippen LogP contribution >= 0.6 is 0 Å². The van der Waals surface area contributed by atoms with Gasteiger partial charge in [-0.25, -0.2) is 4.79 Å². The molecule has 0 unspecified atom stereocenters. The number of allylic oxidation sites excluding steroid dienone is 14. The van der Waals surface area contributed by atoms with Crippen LogP contribution in [0.3, 0.4) is 0 Å². The monoisotopic (exact) mass is 911 g/mol. The summed E-state index contributed by atoms with van der Waals surface area (Å²) >= 11 is 0. The van der Waals surface area contributed by atoms with Crippen LogP contribution in [-0.4, -0.2) is 49.9 Å². The van der Waals surface area contributed by atoms with Gasteiger partial charge < -0.3 is 26.9 Å². The summed E-state index contributed by atoms with van der Waals surface area (Å²) in [5.74, 6) is 0.358. The number of aliphatic imine (C=N–C) groups is 1. The summed E-state index contributed by atoms with van der Waals surface area (Å²) in [5, 5.41) is 20.5. The molecule has 0 heterocycles. The second-order valence-corrected chi connectivity index (χ2v) is 25.5. The molecule has 0 radical (unpaired) electrons. The minimum Gasteiger partial charge on any atom is -0.870 e. The Labute approximate surface area is 412 Å². The fourth-order valence-corrected chi connectivity index (χ4v) is 17.1. The van der Waals surface area contributed by atoms with E-state index in [1.54, 1.807) is 12.2 Å². The minimum atomic E-state index is -0.320. The molecule has 0 saturated heterocycles. The Balaban J connectivity index is 0.000000212. The summed E-state index contributed by atoms with van der Waals surface area (Å²) in [6.07, 6.45) is 29.7. The second kappa shape index (κ2) is 16.4. The van der Waals surface area contributed by atoms with Crippen molar-refractivity contribution in [2.24, 2.45) is 65.9 Å². The molecule has 0 amide bonds. The Morgan fingerprint density at radius 1 is 0.582 bits per heavy atom. The van der Waals surface area contributed by atoms with Crippen molar-refractivity contribution in [3.05, 3.63) is 92.6 Å². The SMILES string of the molecule is CC1=C(O)C(=O)C=C2C1=CC=C1[C@@]2(C)CC[C@@]2(C)[C@@H]3C[C@](C)(N)CC[C@]3(C)CC[C@]12C.CC1=C(O)C(=O)C=C2C1=CC=C1[C@@]2(C)CC[C@@]2(C)[C@@H]3C[C@](C)(N=C=O)CC[C@]3(C)CC[C@]12C.O.[Li+].[OH-]. The van der Waals surface area contributed by atoms with Crippen LogP contribution in [0, 0.1) is 55.2 Å². The summed E-state index contributed by atoms with van der Waals surface area (Å²) in [7, 11) is 0. The molecular weight excluding hydrogens is 832 g/mol. The van der Waals surface area contributed by atoms with E-state index in [-0.39, 0.29) is 102 Å². The van der Waals surface area contributed by atoms with Crippen molar-refractivity contribution in [1.82, 2.24) is 0 Å². The molecule has 12 atom stereocenters. The van der Waals surface area contributed by atoms with Gasteiger partial charge in [0.25, 0.3) is 0 Å². The third-order valence-electron chi connectivity index (χ3n) is 22.1. The third kappa shape index (κ3) is 7.08. The maximum absolute atomic E-state index is 12.6. The molecule has 9 nitrogen and oxygen atoms in total. The number of nitrogens with zero attached hydrogens (tertiary/aromatic N) is 1. The first kappa shape index (κ1) is 53.1. The largest absolute Gasteiger partial charge is 1.00 e. The third-order valence-corrected chi connectivity index (χ3v) is 22.1. The number of hydrogen-bond donors (Lipinski definition) is 3. The van der Waals surface area contributed by atoms with Gasteiger partial charge in [-0.05, 0) is 196 Å². The van der Waals surface area contributed by atoms with Crippen LogP contribution in [0.15, 0.2) is 97.6 Å². The molecule has 10 aliphatic carbocycles. The molecule has 0 aliphatic heterocycles. The second-order valence-electron chi connectivity index (χ2n) is 25.5. The quantitative estimate of drug-likeness (QED) is 0.133. The predicted octanol–water partition coefficient (Wildman–Crippen LogP) is 9.03. The van der Waals surface area contributed by atoms with Gasteiger partial charge in [0.2, 0.25) is 17.6 Å². The minimum absolute atomic E-state index is 0. The molecule has 10 aliphatic rings. The van der Waals surface area contributed by atoms with Crippen LogP contribution in [0.25, 0.3) is 0 Å². The van der Waals surface area contributed by atoms with Gasteiger partial charge in [0.1, 0.15) is 0 Å². The van der Waals surface area contributed by atoms with Gasteiger partial charge in [0.05, 0.1) is 5.54 Å². The van der Waals surface area contributed by atoms with Crippen molar-refractivity contribution in [1.29, 1.82) is 0 Å². The van der Waals surface area contributed by atoms with Gasteiger partial charge in [-0.15, -0.1) is 0 Å². The maximum atomic E-state index is 12.6. The topological polar surface area (TPSA) is 192 Å². The van der Waals surface area contributed by atoms with E-state index in [1.165, 1.54) is 36.8 Å². The van der Waals surface area contributed by atoms with Crippen LogP contribution < -0.4 is 24.6 Å². The zero-order valence-electron chi connectivity index (χ0n) is 43.1. The number of rotatable bonds is 1. The first-order valence-electron chi connectivity index (χ1n) is 24.7. The molecule has 10 rings (SSSR count). The van der Waals surface area contributed by atoms with E-state index < -0.39 is 0 Å². The molecule has 7 N–H and O–H groups in total. The number of fused-ring (bicyclic) bond motifs is 14. The Morgan fingerprint density at radius 2 is 0.970 bits per heavy atom. The van der Waals surface area contributed by atoms with Gasteiger partial charge in [0.15, 0.2) is 11.5 Å². The molecular formula is C57H79LiN2O7. The van der Waals surface area contributed by atoms with E-state index >= 15 is 0 Å². The number of aliphatic hydroxyl groups excluding tert-OH is 2. The smallest absolute Gasteiger partial charge is 0.870 e. The summed E-state index contributed by atoms with van der Waals surface area (Å²) in [5.41, 5.74) is 15.6. The number of hydrogen-bond acceptors (Lipinski definition) is 8. The van der Waals surface area contributed by atoms with Crippen LogP contribution in [0.4, 0.5) is 0 Å². The van der Waals surface area contributed by atoms with E-state index in [1.807, 2.05) is 19.9 Å². The Bertz CT molecular complexity index is 2500. The summed E-state index contributed by atoms with van der Waals surface area (Å²) in [6, 6.07) is 0. The van der Waals surface area contributed by atoms with Crippen LogP contribution in [0.5, 0.6) is 0 Å². The summed E-state index contributed by atoms with van der Waals surface area (Å²) < 4.78 is 0. The van der Waals surface area contributed by atoms with Crippen LogP contribution in [0.2, 0.25) is 0 Å². The fourth-order valence-electron chi connectivity index (χ4n) is 17.1. The Hall–Kier alpha value is -3.28. The van der Waals surface area contributed by atoms with E-state index in [9.17, 15) is 24.6 Å². The maximum Gasteiger partial charge on any atom is 1.00 e. The average Bonchev–Trinajstić information content (AvgIpc) is 3.23. The number of ketones is 2. The Kier molecular flexibility index (Phi) is 13.0. The standard InChI is InChI=1S/C29H37NO3.C28H39NO2.Li.2H2O/c1-18-19-7-8-22-27(4,20(19)15-21(32)24(18)33)12-14-29(6)23-16-26(3,30-17-31)11-9-25(23,2)10-13-28(22,29)5;1-17-18-7-8-21-26(4,19(18)15-20(30)23(17)31)12-14-28(6)22-16-25(3,29)11-9-24(22,2)10-13-27(21,28)5;;;/h7-8,15,23,33H,9-14,16H2,1-6H3;7-8,15,22,31H,9-14,16,29H2,1-6H3;;2*1H2/q;;+1;;/p-1/t23-,25-,26-,27+,28-,29+;22-,24-,25-,26+,27-,28+;;;/m11.../s1. The van der Waals surface area contributed by atoms with Crippen molar-refractivity contribution >= 4 is 17.6 Å². The molecule has 0 aromatic rings. The summed E-state index contributed by atoms with van der Waals surface area (Å²) in [4.78, 5) is 40.7. The van der Waals surface area contributed by atoms with E-state index in [2.05, 4.69) is 98.5 Å². The number of aliphatic hydroxyl groups is 2. The molecule has 0 spiro atoms. The van der Waals surface area contributed by atoms with E-state index in [0.29, 0.717) is 22.8 Å². The molecule has 0 bridgehead atoms. The first-order valence-corrected chi connectivity index (χ1v) is 24.7. The first-order chi connectivity index (χ1) is 29.6. The number of carbonyl (C=O) groups is 2. The Morgan fingerprint density at radius 3 is 1.39 bits per heavy atom. The van der Waals surface area contributed by atoms with Crippen LogP contribution in [0.1, 0.15) is 173 Å². The van der Waals surface area contributed by atoms with Crippen molar-refractivity contribution in [2.45, 2.75) is 184 Å². The predicted molar refractivity (Wildman–Crippen MR) is 260 cm³/mol. The van der Waals surface area contributed by atoms with Crippen molar-refractivity contribution in [3.63, 3.8) is 0 Å². The molecule has 10 heteroatoms. The van der Waals surface area contributed by atoms with Crippen molar-refractivity contribution in [3.8, 4) is 0 Å². The zero-order chi connectivity index (χ0) is 46.6. The normalized spacial score (nSPS) is 45.7.